The standard InChI is InChI=1S/C16H18N2O2/c1-2-19-14-8-3-4-9-15(14)20-11-12-6-5-7-13(10-12)16(17)18/h3-10H,2,11H2,1H3,(H3,17,18). The lowest BCUT2D eigenvalue weighted by molar-refractivity contribution is 0.269. The molecule has 20 heavy (non-hydrogen) atoms. The van der Waals surface area contributed by atoms with Crippen LogP contribution in [0.25, 0.3) is 0 Å². The average Bonchev–Trinajstić information content (AvgIpc) is 2.47. The molecular weight excluding hydrogens is 252 g/mol. The molecule has 4 heteroatoms. The van der Waals surface area contributed by atoms with Crippen LogP contribution in [0.1, 0.15) is 18.1 Å². The van der Waals surface area contributed by atoms with Crippen molar-refractivity contribution in [3.8, 4) is 11.5 Å². The van der Waals surface area contributed by atoms with Crippen molar-refractivity contribution in [2.45, 2.75) is 13.5 Å². The van der Waals surface area contributed by atoms with Gasteiger partial charge in [-0.05, 0) is 30.7 Å². The molecular formula is C16H18N2O2. The number of rotatable bonds is 6. The van der Waals surface area contributed by atoms with Crippen LogP contribution in [0.5, 0.6) is 11.5 Å². The van der Waals surface area contributed by atoms with Crippen LogP contribution in [0.2, 0.25) is 0 Å². The molecule has 0 fully saturated rings. The van der Waals surface area contributed by atoms with Crippen LogP contribution in [0.15, 0.2) is 48.5 Å². The van der Waals surface area contributed by atoms with Crippen molar-refractivity contribution in [2.75, 3.05) is 6.61 Å². The molecule has 0 bridgehead atoms. The van der Waals surface area contributed by atoms with Gasteiger partial charge in [-0.1, -0.05) is 30.3 Å². The maximum absolute atomic E-state index is 7.43. The number of hydrogen-bond donors (Lipinski definition) is 2. The molecule has 0 saturated carbocycles. The smallest absolute Gasteiger partial charge is 0.161 e. The Morgan fingerprint density at radius 2 is 1.75 bits per heavy atom. The number of nitrogen functional groups attached to an aromatic ring is 1. The molecule has 0 saturated heterocycles. The fourth-order valence-corrected chi connectivity index (χ4v) is 1.83. The predicted molar refractivity (Wildman–Crippen MR) is 79.4 cm³/mol. The van der Waals surface area contributed by atoms with Crippen LogP contribution < -0.4 is 15.2 Å². The summed E-state index contributed by atoms with van der Waals surface area (Å²) in [5.74, 6) is 1.50. The van der Waals surface area contributed by atoms with E-state index in [2.05, 4.69) is 0 Å². The summed E-state index contributed by atoms with van der Waals surface area (Å²) in [6.45, 7) is 2.94. The van der Waals surface area contributed by atoms with Gasteiger partial charge < -0.3 is 15.2 Å². The van der Waals surface area contributed by atoms with Gasteiger partial charge in [-0.3, -0.25) is 5.41 Å². The van der Waals surface area contributed by atoms with Crippen LogP contribution in [-0.2, 0) is 6.61 Å². The van der Waals surface area contributed by atoms with Gasteiger partial charge in [0, 0.05) is 5.56 Å². The molecule has 0 aromatic heterocycles. The Bertz CT molecular complexity index is 597. The summed E-state index contributed by atoms with van der Waals surface area (Å²) in [6, 6.07) is 15.0. The molecule has 2 rings (SSSR count). The summed E-state index contributed by atoms with van der Waals surface area (Å²) in [5.41, 5.74) is 7.14. The van der Waals surface area contributed by atoms with Gasteiger partial charge in [0.15, 0.2) is 11.5 Å². The van der Waals surface area contributed by atoms with E-state index in [0.29, 0.717) is 24.5 Å². The molecule has 104 valence electrons. The molecule has 0 atom stereocenters. The molecule has 0 amide bonds. The van der Waals surface area contributed by atoms with E-state index in [0.717, 1.165) is 11.3 Å². The van der Waals surface area contributed by atoms with Gasteiger partial charge in [0.2, 0.25) is 0 Å². The summed E-state index contributed by atoms with van der Waals surface area (Å²) in [6.07, 6.45) is 0. The minimum absolute atomic E-state index is 0.0570. The van der Waals surface area contributed by atoms with Gasteiger partial charge in [0.05, 0.1) is 6.61 Å². The normalized spacial score (nSPS) is 10.1. The number of benzene rings is 2. The Kier molecular flexibility index (Phi) is 4.60. The fraction of sp³-hybridized carbons (Fsp3) is 0.188. The highest BCUT2D eigenvalue weighted by Crippen LogP contribution is 2.27. The highest BCUT2D eigenvalue weighted by atomic mass is 16.5. The molecule has 3 N–H and O–H groups in total. The molecule has 0 radical (unpaired) electrons. The third-order valence-electron chi connectivity index (χ3n) is 2.78. The fourth-order valence-electron chi connectivity index (χ4n) is 1.83. The van der Waals surface area contributed by atoms with Crippen LogP contribution in [-0.4, -0.2) is 12.4 Å². The third kappa shape index (κ3) is 3.51. The first-order valence-electron chi connectivity index (χ1n) is 6.48. The maximum atomic E-state index is 7.43. The zero-order chi connectivity index (χ0) is 14.4. The van der Waals surface area contributed by atoms with Gasteiger partial charge in [-0.15, -0.1) is 0 Å². The zero-order valence-corrected chi connectivity index (χ0v) is 11.4. The number of nitrogens with two attached hydrogens (primary N) is 1. The summed E-state index contributed by atoms with van der Waals surface area (Å²) in [5, 5.41) is 7.43. The second-order valence-electron chi connectivity index (χ2n) is 4.28. The van der Waals surface area contributed by atoms with E-state index in [1.54, 1.807) is 6.07 Å². The molecule has 0 heterocycles. The quantitative estimate of drug-likeness (QED) is 0.626. The average molecular weight is 270 g/mol. The SMILES string of the molecule is CCOc1ccccc1OCc1cccc(C(=N)N)c1. The minimum Gasteiger partial charge on any atom is -0.490 e. The lowest BCUT2D eigenvalue weighted by Crippen LogP contribution is -2.11. The van der Waals surface area contributed by atoms with E-state index in [4.69, 9.17) is 20.6 Å². The van der Waals surface area contributed by atoms with Crippen molar-refractivity contribution in [2.24, 2.45) is 5.73 Å². The maximum Gasteiger partial charge on any atom is 0.161 e. The van der Waals surface area contributed by atoms with Gasteiger partial charge in [-0.25, -0.2) is 0 Å². The van der Waals surface area contributed by atoms with Crippen LogP contribution in [0.4, 0.5) is 0 Å². The van der Waals surface area contributed by atoms with Gasteiger partial charge in [0.1, 0.15) is 12.4 Å². The van der Waals surface area contributed by atoms with Gasteiger partial charge in [-0.2, -0.15) is 0 Å². The Labute approximate surface area is 118 Å². The Morgan fingerprint density at radius 3 is 2.40 bits per heavy atom. The number of nitrogens with one attached hydrogen (secondary N) is 1. The van der Waals surface area contributed by atoms with E-state index < -0.39 is 0 Å². The topological polar surface area (TPSA) is 68.3 Å². The molecule has 4 nitrogen and oxygen atoms in total. The van der Waals surface area contributed by atoms with Crippen molar-refractivity contribution >= 4 is 5.84 Å². The summed E-state index contributed by atoms with van der Waals surface area (Å²) in [4.78, 5) is 0. The molecule has 0 spiro atoms. The summed E-state index contributed by atoms with van der Waals surface area (Å²) < 4.78 is 11.3. The summed E-state index contributed by atoms with van der Waals surface area (Å²) in [7, 11) is 0. The molecule has 0 aliphatic carbocycles. The lowest BCUT2D eigenvalue weighted by atomic mass is 10.1. The molecule has 0 unspecified atom stereocenters. The monoisotopic (exact) mass is 270 g/mol. The molecule has 2 aromatic carbocycles. The van der Waals surface area contributed by atoms with E-state index in [1.807, 2.05) is 49.4 Å². The second kappa shape index (κ2) is 6.61. The first-order valence-corrected chi connectivity index (χ1v) is 6.48. The first kappa shape index (κ1) is 13.9. The Morgan fingerprint density at radius 1 is 1.05 bits per heavy atom. The van der Waals surface area contributed by atoms with Crippen LogP contribution in [0.3, 0.4) is 0 Å². The van der Waals surface area contributed by atoms with Crippen molar-refractivity contribution < 1.29 is 9.47 Å². The summed E-state index contributed by atoms with van der Waals surface area (Å²) >= 11 is 0. The van der Waals surface area contributed by atoms with Gasteiger partial charge >= 0.3 is 0 Å². The molecule has 0 aliphatic rings. The van der Waals surface area contributed by atoms with E-state index in [1.165, 1.54) is 0 Å². The molecule has 2 aromatic rings. The van der Waals surface area contributed by atoms with E-state index in [9.17, 15) is 0 Å². The minimum atomic E-state index is 0.0570. The highest BCUT2D eigenvalue weighted by molar-refractivity contribution is 5.95. The second-order valence-corrected chi connectivity index (χ2v) is 4.28. The van der Waals surface area contributed by atoms with Crippen LogP contribution >= 0.6 is 0 Å². The number of hydrogen-bond acceptors (Lipinski definition) is 3. The largest absolute Gasteiger partial charge is 0.490 e. The Balaban J connectivity index is 2.09. The number of para-hydroxylation sites is 2. The van der Waals surface area contributed by atoms with Gasteiger partial charge in [0.25, 0.3) is 0 Å². The highest BCUT2D eigenvalue weighted by Gasteiger charge is 2.04. The Hall–Kier alpha value is -2.49. The van der Waals surface area contributed by atoms with Crippen molar-refractivity contribution in [3.05, 3.63) is 59.7 Å². The van der Waals surface area contributed by atoms with Crippen LogP contribution in [0, 0.1) is 5.41 Å². The van der Waals surface area contributed by atoms with Crippen molar-refractivity contribution in [1.29, 1.82) is 5.41 Å². The molecule has 0 aliphatic heterocycles. The predicted octanol–water partition coefficient (Wildman–Crippen LogP) is 2.95. The first-order chi connectivity index (χ1) is 9.70. The zero-order valence-electron chi connectivity index (χ0n) is 11.4. The van der Waals surface area contributed by atoms with Crippen molar-refractivity contribution in [3.63, 3.8) is 0 Å². The number of ether oxygens (including phenoxy) is 2. The van der Waals surface area contributed by atoms with E-state index >= 15 is 0 Å². The van der Waals surface area contributed by atoms with Crippen molar-refractivity contribution in [1.82, 2.24) is 0 Å². The lowest BCUT2D eigenvalue weighted by Gasteiger charge is -2.12. The third-order valence-corrected chi connectivity index (χ3v) is 2.78. The number of amidine groups is 1. The van der Waals surface area contributed by atoms with E-state index in [-0.39, 0.29) is 5.84 Å².